The van der Waals surface area contributed by atoms with Crippen molar-refractivity contribution in [3.63, 3.8) is 0 Å². The molecule has 0 unspecified atom stereocenters. The Labute approximate surface area is 135 Å². The Balaban J connectivity index is 1.74. The third-order valence-corrected chi connectivity index (χ3v) is 4.48. The second kappa shape index (κ2) is 6.16. The van der Waals surface area contributed by atoms with Gasteiger partial charge in [-0.2, -0.15) is 10.2 Å². The number of anilines is 1. The molecule has 3 heterocycles. The van der Waals surface area contributed by atoms with Gasteiger partial charge in [-0.15, -0.1) is 0 Å². The third kappa shape index (κ3) is 3.01. The van der Waals surface area contributed by atoms with E-state index in [1.807, 2.05) is 20.0 Å². The van der Waals surface area contributed by atoms with Crippen molar-refractivity contribution in [2.24, 2.45) is 13.0 Å². The smallest absolute Gasteiger partial charge is 0.231 e. The number of nitrogens with zero attached hydrogens (tertiary/aromatic N) is 3. The molecule has 0 spiro atoms. The summed E-state index contributed by atoms with van der Waals surface area (Å²) in [5, 5.41) is 14.2. The van der Waals surface area contributed by atoms with Gasteiger partial charge < -0.3 is 10.1 Å². The fourth-order valence-corrected chi connectivity index (χ4v) is 2.87. The van der Waals surface area contributed by atoms with E-state index in [2.05, 4.69) is 34.5 Å². The van der Waals surface area contributed by atoms with E-state index < -0.39 is 0 Å². The summed E-state index contributed by atoms with van der Waals surface area (Å²) in [7, 11) is 1.89. The van der Waals surface area contributed by atoms with Gasteiger partial charge in [-0.1, -0.05) is 13.8 Å². The molecule has 1 saturated heterocycles. The summed E-state index contributed by atoms with van der Waals surface area (Å²) in [5.74, 6) is 0.621. The average molecular weight is 317 g/mol. The molecule has 0 aliphatic carbocycles. The summed E-state index contributed by atoms with van der Waals surface area (Å²) in [6.45, 7) is 6.72. The zero-order valence-electron chi connectivity index (χ0n) is 14.0. The Morgan fingerprint density at radius 1 is 1.52 bits per heavy atom. The molecule has 2 atom stereocenters. The minimum Gasteiger partial charge on any atom is -0.373 e. The first kappa shape index (κ1) is 15.7. The Hall–Kier alpha value is -2.15. The van der Waals surface area contributed by atoms with Crippen LogP contribution in [0.1, 0.15) is 49.2 Å². The lowest BCUT2D eigenvalue weighted by Crippen LogP contribution is -2.25. The van der Waals surface area contributed by atoms with Gasteiger partial charge in [0.05, 0.1) is 18.2 Å². The van der Waals surface area contributed by atoms with Gasteiger partial charge in [0.2, 0.25) is 5.91 Å². The van der Waals surface area contributed by atoms with Crippen molar-refractivity contribution in [1.29, 1.82) is 0 Å². The maximum Gasteiger partial charge on any atom is 0.231 e. The van der Waals surface area contributed by atoms with Crippen LogP contribution in [-0.4, -0.2) is 32.5 Å². The standard InChI is InChI=1S/C16H23N5O2/c1-9(2)13-7-14(20-19-13)18-16(22)11-5-6-23-15(11)12-8-17-21(4)10(12)3/h7-9,11,15H,5-6H2,1-4H3,(H2,18,19,20,22)/t11-,15-/m0/s1. The number of rotatable bonds is 4. The van der Waals surface area contributed by atoms with Gasteiger partial charge in [-0.05, 0) is 19.3 Å². The quantitative estimate of drug-likeness (QED) is 0.906. The van der Waals surface area contributed by atoms with E-state index in [-0.39, 0.29) is 17.9 Å². The fraction of sp³-hybridized carbons (Fsp3) is 0.562. The van der Waals surface area contributed by atoms with Crippen molar-refractivity contribution < 1.29 is 9.53 Å². The normalized spacial score (nSPS) is 21.1. The molecule has 0 aromatic carbocycles. The number of carbonyl (C=O) groups excluding carboxylic acids is 1. The molecule has 1 aliphatic rings. The molecule has 124 valence electrons. The molecular formula is C16H23N5O2. The molecule has 2 aromatic heterocycles. The molecular weight excluding hydrogens is 294 g/mol. The lowest BCUT2D eigenvalue weighted by Gasteiger charge is -2.17. The van der Waals surface area contributed by atoms with Crippen molar-refractivity contribution >= 4 is 11.7 Å². The minimum absolute atomic E-state index is 0.0578. The third-order valence-electron chi connectivity index (χ3n) is 4.48. The number of aryl methyl sites for hydroxylation is 1. The van der Waals surface area contributed by atoms with Crippen LogP contribution in [0.15, 0.2) is 12.3 Å². The molecule has 7 nitrogen and oxygen atoms in total. The summed E-state index contributed by atoms with van der Waals surface area (Å²) in [6.07, 6.45) is 2.25. The van der Waals surface area contributed by atoms with E-state index in [0.717, 1.165) is 17.0 Å². The fourth-order valence-electron chi connectivity index (χ4n) is 2.87. The number of hydrogen-bond acceptors (Lipinski definition) is 4. The van der Waals surface area contributed by atoms with Crippen molar-refractivity contribution in [2.75, 3.05) is 11.9 Å². The van der Waals surface area contributed by atoms with Crippen LogP contribution in [0, 0.1) is 12.8 Å². The van der Waals surface area contributed by atoms with Crippen LogP contribution in [-0.2, 0) is 16.6 Å². The lowest BCUT2D eigenvalue weighted by molar-refractivity contribution is -0.121. The number of nitrogens with one attached hydrogen (secondary N) is 2. The van der Waals surface area contributed by atoms with Crippen LogP contribution in [0.4, 0.5) is 5.82 Å². The van der Waals surface area contributed by atoms with Gasteiger partial charge in [-0.3, -0.25) is 14.6 Å². The number of aromatic amines is 1. The molecule has 1 amide bonds. The molecule has 0 radical (unpaired) electrons. The molecule has 23 heavy (non-hydrogen) atoms. The predicted octanol–water partition coefficient (Wildman–Crippen LogP) is 2.29. The van der Waals surface area contributed by atoms with Crippen molar-refractivity contribution in [1.82, 2.24) is 20.0 Å². The predicted molar refractivity (Wildman–Crippen MR) is 86.1 cm³/mol. The maximum atomic E-state index is 12.6. The number of hydrogen-bond donors (Lipinski definition) is 2. The Bertz CT molecular complexity index is 703. The number of carbonyl (C=O) groups is 1. The molecule has 2 N–H and O–H groups in total. The van der Waals surface area contributed by atoms with Crippen molar-refractivity contribution in [2.45, 2.75) is 39.2 Å². The van der Waals surface area contributed by atoms with Gasteiger partial charge in [0.25, 0.3) is 0 Å². The molecule has 1 aliphatic heterocycles. The minimum atomic E-state index is -0.243. The number of aromatic nitrogens is 4. The molecule has 1 fully saturated rings. The van der Waals surface area contributed by atoms with E-state index in [1.54, 1.807) is 10.9 Å². The monoisotopic (exact) mass is 317 g/mol. The highest BCUT2D eigenvalue weighted by atomic mass is 16.5. The first-order valence-electron chi connectivity index (χ1n) is 7.93. The number of amides is 1. The van der Waals surface area contributed by atoms with Gasteiger partial charge in [-0.25, -0.2) is 0 Å². The number of ether oxygens (including phenoxy) is 1. The SMILES string of the molecule is Cc1c([C@H]2OCC[C@@H]2C(=O)Nc2cc(C(C)C)[nH]n2)cnn1C. The highest BCUT2D eigenvalue weighted by Crippen LogP contribution is 2.36. The molecule has 7 heteroatoms. The van der Waals surface area contributed by atoms with E-state index in [4.69, 9.17) is 4.74 Å². The van der Waals surface area contributed by atoms with Gasteiger partial charge in [0, 0.05) is 36.7 Å². The lowest BCUT2D eigenvalue weighted by atomic mass is 9.95. The average Bonchev–Trinajstić information content (AvgIpc) is 3.21. The van der Waals surface area contributed by atoms with E-state index in [0.29, 0.717) is 24.8 Å². The molecule has 0 saturated carbocycles. The van der Waals surface area contributed by atoms with Crippen LogP contribution in [0.25, 0.3) is 0 Å². The Kier molecular flexibility index (Phi) is 4.21. The molecule has 3 rings (SSSR count). The summed E-state index contributed by atoms with van der Waals surface area (Å²) in [4.78, 5) is 12.6. The zero-order valence-corrected chi connectivity index (χ0v) is 14.0. The van der Waals surface area contributed by atoms with Crippen LogP contribution in [0.5, 0.6) is 0 Å². The first-order valence-corrected chi connectivity index (χ1v) is 7.93. The van der Waals surface area contributed by atoms with Crippen LogP contribution >= 0.6 is 0 Å². The number of H-pyrrole nitrogens is 1. The maximum absolute atomic E-state index is 12.6. The van der Waals surface area contributed by atoms with Crippen LogP contribution in [0.3, 0.4) is 0 Å². The van der Waals surface area contributed by atoms with E-state index in [1.165, 1.54) is 0 Å². The topological polar surface area (TPSA) is 84.8 Å². The second-order valence-electron chi connectivity index (χ2n) is 6.35. The van der Waals surface area contributed by atoms with Crippen molar-refractivity contribution in [3.8, 4) is 0 Å². The van der Waals surface area contributed by atoms with Crippen LogP contribution in [0.2, 0.25) is 0 Å². The highest BCUT2D eigenvalue weighted by molar-refractivity contribution is 5.92. The Morgan fingerprint density at radius 2 is 2.30 bits per heavy atom. The zero-order chi connectivity index (χ0) is 16.6. The van der Waals surface area contributed by atoms with Gasteiger partial charge in [0.1, 0.15) is 0 Å². The van der Waals surface area contributed by atoms with Gasteiger partial charge in [0.15, 0.2) is 5.82 Å². The largest absolute Gasteiger partial charge is 0.373 e. The highest BCUT2D eigenvalue weighted by Gasteiger charge is 2.37. The molecule has 2 aromatic rings. The van der Waals surface area contributed by atoms with Crippen LogP contribution < -0.4 is 5.32 Å². The summed E-state index contributed by atoms with van der Waals surface area (Å²) in [6, 6.07) is 1.88. The summed E-state index contributed by atoms with van der Waals surface area (Å²) < 4.78 is 7.61. The second-order valence-corrected chi connectivity index (χ2v) is 6.35. The van der Waals surface area contributed by atoms with Crippen molar-refractivity contribution in [3.05, 3.63) is 29.2 Å². The summed E-state index contributed by atoms with van der Waals surface area (Å²) >= 11 is 0. The summed E-state index contributed by atoms with van der Waals surface area (Å²) in [5.41, 5.74) is 3.01. The first-order chi connectivity index (χ1) is 11.0. The van der Waals surface area contributed by atoms with Gasteiger partial charge >= 0.3 is 0 Å². The molecule has 0 bridgehead atoms. The Morgan fingerprint density at radius 3 is 2.91 bits per heavy atom. The van der Waals surface area contributed by atoms with E-state index >= 15 is 0 Å². The van der Waals surface area contributed by atoms with E-state index in [9.17, 15) is 4.79 Å².